The highest BCUT2D eigenvalue weighted by Gasteiger charge is 2.32. The highest BCUT2D eigenvalue weighted by Crippen LogP contribution is 2.32. The van der Waals surface area contributed by atoms with Gasteiger partial charge in [-0.15, -0.1) is 5.10 Å². The second-order valence-corrected chi connectivity index (χ2v) is 7.52. The summed E-state index contributed by atoms with van der Waals surface area (Å²) in [4.78, 5) is 22.8. The number of hydroxylamine groups is 2. The highest BCUT2D eigenvalue weighted by atomic mass is 16.7. The summed E-state index contributed by atoms with van der Waals surface area (Å²) in [6, 6.07) is 19.3. The fourth-order valence-corrected chi connectivity index (χ4v) is 3.82. The lowest BCUT2D eigenvalue weighted by molar-refractivity contribution is -0.0829. The van der Waals surface area contributed by atoms with Gasteiger partial charge in [-0.2, -0.15) is 10.0 Å². The zero-order chi connectivity index (χ0) is 21.4. The number of rotatable bonds is 3. The molecular weight excluding hydrogens is 392 g/mol. The normalized spacial score (nSPS) is 16.0. The lowest BCUT2D eigenvalue weighted by Crippen LogP contribution is -2.33. The molecular formula is C23H22N6O2. The predicted octanol–water partition coefficient (Wildman–Crippen LogP) is 4.20. The van der Waals surface area contributed by atoms with Gasteiger partial charge in [0.15, 0.2) is 5.65 Å². The van der Waals surface area contributed by atoms with Gasteiger partial charge in [-0.1, -0.05) is 42.5 Å². The van der Waals surface area contributed by atoms with Crippen LogP contribution in [-0.4, -0.2) is 32.3 Å². The number of aromatic nitrogens is 3. The van der Waals surface area contributed by atoms with Crippen LogP contribution in [0.2, 0.25) is 0 Å². The number of fused-ring (bicyclic) bond motifs is 1. The minimum absolute atomic E-state index is 0.107. The van der Waals surface area contributed by atoms with Crippen molar-refractivity contribution < 1.29 is 9.63 Å². The second kappa shape index (κ2) is 7.73. The van der Waals surface area contributed by atoms with Gasteiger partial charge >= 0.3 is 6.03 Å². The fraction of sp³-hybridized carbons (Fsp3) is 0.174. The highest BCUT2D eigenvalue weighted by molar-refractivity contribution is 5.91. The van der Waals surface area contributed by atoms with Gasteiger partial charge in [0.2, 0.25) is 5.95 Å². The Kier molecular flexibility index (Phi) is 4.76. The molecule has 3 N–H and O–H groups in total. The fourth-order valence-electron chi connectivity index (χ4n) is 3.82. The molecule has 3 heterocycles. The number of pyridine rings is 1. The first-order valence-corrected chi connectivity index (χ1v) is 10.1. The molecule has 0 unspecified atom stereocenters. The molecule has 2 amide bonds. The minimum Gasteiger partial charge on any atom is -0.366 e. The summed E-state index contributed by atoms with van der Waals surface area (Å²) in [6.45, 7) is 2.47. The molecule has 1 saturated heterocycles. The minimum atomic E-state index is -0.286. The summed E-state index contributed by atoms with van der Waals surface area (Å²) in [5.74, 6) is 0.229. The summed E-state index contributed by atoms with van der Waals surface area (Å²) >= 11 is 0. The van der Waals surface area contributed by atoms with Crippen LogP contribution in [0.15, 0.2) is 66.9 Å². The van der Waals surface area contributed by atoms with Crippen molar-refractivity contribution in [1.29, 1.82) is 0 Å². The summed E-state index contributed by atoms with van der Waals surface area (Å²) in [7, 11) is 0. The largest absolute Gasteiger partial charge is 0.366 e. The van der Waals surface area contributed by atoms with E-state index in [1.165, 1.54) is 5.06 Å². The van der Waals surface area contributed by atoms with Crippen molar-refractivity contribution in [2.24, 2.45) is 0 Å². The van der Waals surface area contributed by atoms with Gasteiger partial charge in [-0.25, -0.2) is 9.31 Å². The van der Waals surface area contributed by atoms with E-state index in [0.29, 0.717) is 12.3 Å². The van der Waals surface area contributed by atoms with Crippen LogP contribution < -0.4 is 11.1 Å². The van der Waals surface area contributed by atoms with E-state index in [2.05, 4.69) is 15.4 Å². The van der Waals surface area contributed by atoms with Gasteiger partial charge in [0, 0.05) is 23.9 Å². The first kappa shape index (κ1) is 19.1. The Morgan fingerprint density at radius 3 is 2.77 bits per heavy atom. The number of urea groups is 1. The van der Waals surface area contributed by atoms with Crippen molar-refractivity contribution in [3.8, 4) is 11.1 Å². The number of amides is 2. The third-order valence-corrected chi connectivity index (χ3v) is 5.45. The number of carbonyl (C=O) groups is 1. The Balaban J connectivity index is 1.40. The lowest BCUT2D eigenvalue weighted by atomic mass is 10.0. The molecule has 8 nitrogen and oxygen atoms in total. The molecule has 1 fully saturated rings. The van der Waals surface area contributed by atoms with Crippen LogP contribution >= 0.6 is 0 Å². The average Bonchev–Trinajstić information content (AvgIpc) is 3.41. The summed E-state index contributed by atoms with van der Waals surface area (Å²) in [5, 5.41) is 8.61. The Morgan fingerprint density at radius 1 is 1.13 bits per heavy atom. The Morgan fingerprint density at radius 2 is 1.94 bits per heavy atom. The third kappa shape index (κ3) is 3.69. The van der Waals surface area contributed by atoms with Crippen molar-refractivity contribution in [3.05, 3.63) is 78.0 Å². The number of benzene rings is 2. The first-order valence-electron chi connectivity index (χ1n) is 10.1. The summed E-state index contributed by atoms with van der Waals surface area (Å²) < 4.78 is 1.64. The molecule has 0 bridgehead atoms. The lowest BCUT2D eigenvalue weighted by Gasteiger charge is -2.23. The Labute approximate surface area is 179 Å². The molecule has 5 rings (SSSR count). The van der Waals surface area contributed by atoms with Crippen molar-refractivity contribution in [2.45, 2.75) is 19.4 Å². The standard InChI is InChI=1S/C23H22N6O2/c1-15-7-8-17(18-9-10-21-26-22(24)27-28(21)14-18)13-19(15)25-23(30)29-20(11-12-31-29)16-5-3-2-4-6-16/h2-10,13-14,20H,11-12H2,1H3,(H2,24,27)(H,25,30)/t20-/m0/s1. The molecule has 0 aliphatic carbocycles. The van der Waals surface area contributed by atoms with E-state index in [9.17, 15) is 4.79 Å². The smallest absolute Gasteiger partial charge is 0.346 e. The molecule has 0 saturated carbocycles. The van der Waals surface area contributed by atoms with Crippen LogP contribution in [0, 0.1) is 6.92 Å². The number of nitrogens with two attached hydrogens (primary N) is 1. The third-order valence-electron chi connectivity index (χ3n) is 5.45. The number of aryl methyl sites for hydroxylation is 1. The summed E-state index contributed by atoms with van der Waals surface area (Å²) in [5.41, 5.74) is 11.0. The SMILES string of the molecule is Cc1ccc(-c2ccc3nc(N)nn3c2)cc1NC(=O)N1OCC[C@H]1c1ccccc1. The maximum absolute atomic E-state index is 13.0. The number of carbonyl (C=O) groups excluding carboxylic acids is 1. The number of nitrogens with one attached hydrogen (secondary N) is 1. The van der Waals surface area contributed by atoms with E-state index in [1.807, 2.05) is 73.8 Å². The molecule has 8 heteroatoms. The van der Waals surface area contributed by atoms with Crippen molar-refractivity contribution in [1.82, 2.24) is 19.7 Å². The van der Waals surface area contributed by atoms with Crippen LogP contribution in [0.5, 0.6) is 0 Å². The van der Waals surface area contributed by atoms with Gasteiger partial charge < -0.3 is 11.1 Å². The summed E-state index contributed by atoms with van der Waals surface area (Å²) in [6.07, 6.45) is 2.63. The van der Waals surface area contributed by atoms with E-state index in [-0.39, 0.29) is 18.0 Å². The monoisotopic (exact) mass is 414 g/mol. The molecule has 31 heavy (non-hydrogen) atoms. The van der Waals surface area contributed by atoms with Gasteiger partial charge in [0.05, 0.1) is 12.6 Å². The zero-order valence-electron chi connectivity index (χ0n) is 17.0. The van der Waals surface area contributed by atoms with Gasteiger partial charge in [0.1, 0.15) is 0 Å². The van der Waals surface area contributed by atoms with Gasteiger partial charge in [0.25, 0.3) is 0 Å². The molecule has 156 valence electrons. The molecule has 2 aromatic carbocycles. The van der Waals surface area contributed by atoms with Crippen molar-refractivity contribution >= 4 is 23.3 Å². The van der Waals surface area contributed by atoms with E-state index in [1.54, 1.807) is 4.52 Å². The van der Waals surface area contributed by atoms with Crippen LogP contribution in [0.3, 0.4) is 0 Å². The van der Waals surface area contributed by atoms with Crippen LogP contribution in [0.1, 0.15) is 23.6 Å². The number of hydrogen-bond donors (Lipinski definition) is 2. The van der Waals surface area contributed by atoms with Crippen LogP contribution in [0.25, 0.3) is 16.8 Å². The number of nitrogen functional groups attached to an aromatic ring is 1. The van der Waals surface area contributed by atoms with E-state index < -0.39 is 0 Å². The van der Waals surface area contributed by atoms with Crippen molar-refractivity contribution in [3.63, 3.8) is 0 Å². The molecule has 0 radical (unpaired) electrons. The first-order chi connectivity index (χ1) is 15.1. The number of hydrogen-bond acceptors (Lipinski definition) is 5. The average molecular weight is 414 g/mol. The van der Waals surface area contributed by atoms with Crippen molar-refractivity contribution in [2.75, 3.05) is 17.7 Å². The number of nitrogens with zero attached hydrogens (tertiary/aromatic N) is 4. The Hall–Kier alpha value is -3.91. The molecule has 0 spiro atoms. The maximum Gasteiger partial charge on any atom is 0.346 e. The van der Waals surface area contributed by atoms with E-state index in [0.717, 1.165) is 34.4 Å². The van der Waals surface area contributed by atoms with Crippen LogP contribution in [0.4, 0.5) is 16.4 Å². The van der Waals surface area contributed by atoms with E-state index in [4.69, 9.17) is 10.6 Å². The topological polar surface area (TPSA) is 97.8 Å². The second-order valence-electron chi connectivity index (χ2n) is 7.52. The van der Waals surface area contributed by atoms with Gasteiger partial charge in [-0.05, 0) is 41.8 Å². The number of anilines is 2. The van der Waals surface area contributed by atoms with Gasteiger partial charge in [-0.3, -0.25) is 4.84 Å². The molecule has 1 aliphatic rings. The molecule has 1 atom stereocenters. The predicted molar refractivity (Wildman–Crippen MR) is 118 cm³/mol. The zero-order valence-corrected chi connectivity index (χ0v) is 17.0. The maximum atomic E-state index is 13.0. The molecule has 2 aromatic heterocycles. The van der Waals surface area contributed by atoms with E-state index >= 15 is 0 Å². The Bertz CT molecular complexity index is 1250. The van der Waals surface area contributed by atoms with Crippen LogP contribution in [-0.2, 0) is 4.84 Å². The molecule has 1 aliphatic heterocycles. The quantitative estimate of drug-likeness (QED) is 0.524. The molecule has 4 aromatic rings.